The van der Waals surface area contributed by atoms with Crippen LogP contribution < -0.4 is 20.1 Å². The van der Waals surface area contributed by atoms with Gasteiger partial charge in [-0.25, -0.2) is 0 Å². The van der Waals surface area contributed by atoms with Gasteiger partial charge in [0.1, 0.15) is 18.3 Å². The topological polar surface area (TPSA) is 114 Å². The zero-order chi connectivity index (χ0) is 37.2. The molecule has 1 fully saturated rings. The highest BCUT2D eigenvalue weighted by atomic mass is 16.5. The fourth-order valence-electron chi connectivity index (χ4n) is 7.14. The van der Waals surface area contributed by atoms with Crippen LogP contribution in [0.25, 0.3) is 0 Å². The minimum Gasteiger partial charge on any atom is -0.490 e. The summed E-state index contributed by atoms with van der Waals surface area (Å²) in [6.07, 6.45) is -0.367. The average molecular weight is 691 g/mol. The molecule has 0 aromatic heterocycles. The molecule has 0 saturated heterocycles. The van der Waals surface area contributed by atoms with Crippen LogP contribution in [-0.2, 0) is 21.0 Å². The number of aryl methyl sites for hydroxylation is 5. The molecule has 4 aromatic rings. The third-order valence-electron chi connectivity index (χ3n) is 10.5. The molecule has 0 bridgehead atoms. The molecular weight excluding hydrogens is 640 g/mol. The number of anilines is 2. The molecule has 4 atom stereocenters. The summed E-state index contributed by atoms with van der Waals surface area (Å²) in [7, 11) is 0. The Morgan fingerprint density at radius 3 is 1.94 bits per heavy atom. The summed E-state index contributed by atoms with van der Waals surface area (Å²) >= 11 is 0. The van der Waals surface area contributed by atoms with Gasteiger partial charge in [-0.2, -0.15) is 0 Å². The van der Waals surface area contributed by atoms with Crippen LogP contribution in [0, 0.1) is 60.3 Å². The molecule has 3 N–H and O–H groups in total. The van der Waals surface area contributed by atoms with E-state index in [1.54, 1.807) is 30.3 Å². The van der Waals surface area contributed by atoms with Crippen LogP contribution in [-0.4, -0.2) is 34.9 Å². The fourth-order valence-corrected chi connectivity index (χ4v) is 7.14. The van der Waals surface area contributed by atoms with Gasteiger partial charge in [-0.3, -0.25) is 14.4 Å². The van der Waals surface area contributed by atoms with Gasteiger partial charge in [-0.05, 0) is 137 Å². The number of ketones is 1. The Labute approximate surface area is 301 Å². The number of benzene rings is 4. The lowest BCUT2D eigenvalue weighted by Gasteiger charge is -2.44. The zero-order valence-corrected chi connectivity index (χ0v) is 31.2. The van der Waals surface area contributed by atoms with Crippen molar-refractivity contribution in [3.05, 3.63) is 117 Å². The molecular formula is C43H50N2O6. The van der Waals surface area contributed by atoms with Crippen LogP contribution in [0.2, 0.25) is 0 Å². The molecule has 4 aromatic carbocycles. The van der Waals surface area contributed by atoms with E-state index in [0.29, 0.717) is 41.7 Å². The SMILES string of the molecule is CCOc1cc(C2C(C(=O)Nc3cccc(C)c3C)C(=O)CC(C)(O)C2C(=O)Nc2cccc(C)c2C)ccc1OCc1cc(C)c(C)cc1C. The summed E-state index contributed by atoms with van der Waals surface area (Å²) in [6, 6.07) is 20.7. The van der Waals surface area contributed by atoms with E-state index in [0.717, 1.165) is 33.4 Å². The first-order valence-corrected chi connectivity index (χ1v) is 17.6. The lowest BCUT2D eigenvalue weighted by Crippen LogP contribution is -2.56. The van der Waals surface area contributed by atoms with Crippen LogP contribution in [0.5, 0.6) is 11.5 Å². The molecule has 0 aliphatic heterocycles. The van der Waals surface area contributed by atoms with E-state index in [2.05, 4.69) is 43.5 Å². The Balaban J connectivity index is 1.60. The Kier molecular flexibility index (Phi) is 11.1. The van der Waals surface area contributed by atoms with E-state index >= 15 is 0 Å². The number of aliphatic hydroxyl groups is 1. The average Bonchev–Trinajstić information content (AvgIpc) is 3.06. The van der Waals surface area contributed by atoms with Gasteiger partial charge in [0, 0.05) is 23.7 Å². The lowest BCUT2D eigenvalue weighted by molar-refractivity contribution is -0.150. The normalized spacial score (nSPS) is 20.1. The van der Waals surface area contributed by atoms with Gasteiger partial charge < -0.3 is 25.2 Å². The maximum Gasteiger partial charge on any atom is 0.235 e. The summed E-state index contributed by atoms with van der Waals surface area (Å²) in [4.78, 5) is 42.7. The second-order valence-electron chi connectivity index (χ2n) is 14.2. The second kappa shape index (κ2) is 15.1. The fraction of sp³-hybridized carbons (Fsp3) is 0.372. The predicted octanol–water partition coefficient (Wildman–Crippen LogP) is 8.14. The van der Waals surface area contributed by atoms with Crippen LogP contribution >= 0.6 is 0 Å². The van der Waals surface area contributed by atoms with Crippen LogP contribution in [0.1, 0.15) is 76.3 Å². The molecule has 8 heteroatoms. The van der Waals surface area contributed by atoms with Gasteiger partial charge in [0.25, 0.3) is 0 Å². The van der Waals surface area contributed by atoms with Crippen molar-refractivity contribution in [2.75, 3.05) is 17.2 Å². The van der Waals surface area contributed by atoms with Gasteiger partial charge in [0.15, 0.2) is 11.5 Å². The number of amides is 2. The maximum absolute atomic E-state index is 14.4. The first-order valence-electron chi connectivity index (χ1n) is 17.6. The quantitative estimate of drug-likeness (QED) is 0.145. The number of carbonyl (C=O) groups excluding carboxylic acids is 3. The van der Waals surface area contributed by atoms with E-state index in [-0.39, 0.29) is 6.42 Å². The van der Waals surface area contributed by atoms with E-state index in [9.17, 15) is 19.5 Å². The number of Topliss-reactive ketones (excluding diaryl/α,β-unsaturated/α-hetero) is 1. The van der Waals surface area contributed by atoms with Crippen molar-refractivity contribution < 1.29 is 29.0 Å². The van der Waals surface area contributed by atoms with Gasteiger partial charge >= 0.3 is 0 Å². The summed E-state index contributed by atoms with van der Waals surface area (Å²) in [5.74, 6) is -4.07. The Morgan fingerprint density at radius 2 is 1.33 bits per heavy atom. The summed E-state index contributed by atoms with van der Waals surface area (Å²) in [5.41, 5.74) is 8.21. The van der Waals surface area contributed by atoms with Crippen LogP contribution in [0.4, 0.5) is 11.4 Å². The van der Waals surface area contributed by atoms with Gasteiger partial charge in [-0.15, -0.1) is 0 Å². The molecule has 2 amide bonds. The maximum atomic E-state index is 14.4. The van der Waals surface area contributed by atoms with Crippen LogP contribution in [0.15, 0.2) is 66.7 Å². The van der Waals surface area contributed by atoms with E-state index in [1.807, 2.05) is 58.9 Å². The first-order chi connectivity index (χ1) is 24.1. The Morgan fingerprint density at radius 1 is 0.745 bits per heavy atom. The predicted molar refractivity (Wildman–Crippen MR) is 202 cm³/mol. The molecule has 1 saturated carbocycles. The van der Waals surface area contributed by atoms with Gasteiger partial charge in [0.05, 0.1) is 18.1 Å². The van der Waals surface area contributed by atoms with Crippen molar-refractivity contribution in [1.29, 1.82) is 0 Å². The van der Waals surface area contributed by atoms with E-state index in [4.69, 9.17) is 9.47 Å². The minimum atomic E-state index is -1.76. The highest BCUT2D eigenvalue weighted by Crippen LogP contribution is 2.48. The standard InChI is InChI=1S/C43H50N2O6/c1-10-50-37-21-31(17-18-36(37)51-23-32-20-27(5)26(4)19-28(32)6)38-39(41(47)44-33-15-11-13-24(2)29(33)7)35(46)22-43(9,49)40(38)42(48)45-34-16-12-14-25(3)30(34)8/h11-21,38-40,49H,10,22-23H2,1-9H3,(H,44,47)(H,45,48). The molecule has 0 heterocycles. The summed E-state index contributed by atoms with van der Waals surface area (Å²) in [6.45, 7) is 17.9. The zero-order valence-electron chi connectivity index (χ0n) is 31.2. The largest absolute Gasteiger partial charge is 0.490 e. The van der Waals surface area contributed by atoms with Crippen LogP contribution in [0.3, 0.4) is 0 Å². The molecule has 51 heavy (non-hydrogen) atoms. The van der Waals surface area contributed by atoms with Crippen molar-refractivity contribution in [2.45, 2.75) is 86.9 Å². The molecule has 5 rings (SSSR count). The number of rotatable bonds is 10. The Bertz CT molecular complexity index is 1980. The minimum absolute atomic E-state index is 0.310. The van der Waals surface area contributed by atoms with E-state index < -0.39 is 41.0 Å². The first kappa shape index (κ1) is 37.3. The number of hydrogen-bond acceptors (Lipinski definition) is 6. The number of nitrogens with one attached hydrogen (secondary N) is 2. The van der Waals surface area contributed by atoms with Crippen molar-refractivity contribution in [3.63, 3.8) is 0 Å². The van der Waals surface area contributed by atoms with Crippen molar-refractivity contribution in [1.82, 2.24) is 0 Å². The molecule has 1 aliphatic carbocycles. The van der Waals surface area contributed by atoms with Crippen molar-refractivity contribution in [3.8, 4) is 11.5 Å². The van der Waals surface area contributed by atoms with Crippen molar-refractivity contribution in [2.24, 2.45) is 11.8 Å². The third-order valence-corrected chi connectivity index (χ3v) is 10.5. The Hall–Kier alpha value is -4.95. The molecule has 0 spiro atoms. The van der Waals surface area contributed by atoms with Gasteiger partial charge in [-0.1, -0.05) is 42.5 Å². The third kappa shape index (κ3) is 7.86. The smallest absolute Gasteiger partial charge is 0.235 e. The highest BCUT2D eigenvalue weighted by Gasteiger charge is 2.56. The second-order valence-corrected chi connectivity index (χ2v) is 14.2. The van der Waals surface area contributed by atoms with E-state index in [1.165, 1.54) is 18.1 Å². The number of ether oxygens (including phenoxy) is 2. The molecule has 0 radical (unpaired) electrons. The monoisotopic (exact) mass is 690 g/mol. The summed E-state index contributed by atoms with van der Waals surface area (Å²) in [5, 5.41) is 17.9. The lowest BCUT2D eigenvalue weighted by atomic mass is 9.61. The van der Waals surface area contributed by atoms with Gasteiger partial charge in [0.2, 0.25) is 11.8 Å². The molecule has 4 unspecified atom stereocenters. The molecule has 268 valence electrons. The van der Waals surface area contributed by atoms with Crippen molar-refractivity contribution >= 4 is 29.0 Å². The molecule has 8 nitrogen and oxygen atoms in total. The number of carbonyl (C=O) groups is 3. The number of hydrogen-bond donors (Lipinski definition) is 3. The highest BCUT2D eigenvalue weighted by molar-refractivity contribution is 6.10. The molecule has 1 aliphatic rings. The summed E-state index contributed by atoms with van der Waals surface area (Å²) < 4.78 is 12.4.